The lowest BCUT2D eigenvalue weighted by Crippen LogP contribution is -2.36. The Labute approximate surface area is 84.8 Å². The van der Waals surface area contributed by atoms with Gasteiger partial charge in [-0.15, -0.1) is 0 Å². The maximum Gasteiger partial charge on any atom is 0.106 e. The van der Waals surface area contributed by atoms with Crippen molar-refractivity contribution in [2.24, 2.45) is 0 Å². The monoisotopic (exact) mass is 196 g/mol. The van der Waals surface area contributed by atoms with E-state index in [1.54, 1.807) is 10.4 Å². The van der Waals surface area contributed by atoms with E-state index in [2.05, 4.69) is 53.7 Å². The predicted octanol–water partition coefficient (Wildman–Crippen LogP) is 4.49. The van der Waals surface area contributed by atoms with Crippen molar-refractivity contribution in [3.63, 3.8) is 0 Å². The fourth-order valence-electron chi connectivity index (χ4n) is 2.23. The molecule has 0 rings (SSSR count). The molecule has 0 aromatic heterocycles. The van der Waals surface area contributed by atoms with Crippen LogP contribution in [-0.4, -0.2) is 8.07 Å². The molecular formula is C12H24Si. The molecule has 0 aliphatic rings. The van der Waals surface area contributed by atoms with Crippen molar-refractivity contribution < 1.29 is 0 Å². The molecule has 1 heteroatoms. The van der Waals surface area contributed by atoms with Crippen molar-refractivity contribution in [3.8, 4) is 0 Å². The molecule has 0 N–H and O–H groups in total. The maximum absolute atomic E-state index is 2.34. The van der Waals surface area contributed by atoms with Crippen LogP contribution < -0.4 is 0 Å². The van der Waals surface area contributed by atoms with Gasteiger partial charge in [0.2, 0.25) is 0 Å². The molecule has 0 heterocycles. The largest absolute Gasteiger partial charge is 0.106 e. The van der Waals surface area contributed by atoms with Crippen LogP contribution in [0.5, 0.6) is 0 Å². The minimum Gasteiger partial charge on any atom is -0.0922 e. The van der Waals surface area contributed by atoms with Gasteiger partial charge in [-0.2, -0.15) is 0 Å². The highest BCUT2D eigenvalue weighted by Crippen LogP contribution is 2.31. The standard InChI is InChI=1S/C12H24Si/c1-7-11(5)13(9-3,10-4)12(6)8-2/h7-8H,9-10H2,1-6H3. The molecule has 0 spiro atoms. The molecule has 0 bridgehead atoms. The number of rotatable bonds is 4. The lowest BCUT2D eigenvalue weighted by molar-refractivity contribution is 1.22. The van der Waals surface area contributed by atoms with Crippen molar-refractivity contribution in [3.05, 3.63) is 22.5 Å². The highest BCUT2D eigenvalue weighted by Gasteiger charge is 2.31. The van der Waals surface area contributed by atoms with Crippen LogP contribution in [0, 0.1) is 0 Å². The third kappa shape index (κ3) is 2.34. The highest BCUT2D eigenvalue weighted by atomic mass is 28.3. The number of hydrogen-bond donors (Lipinski definition) is 0. The van der Waals surface area contributed by atoms with Crippen molar-refractivity contribution in [2.45, 2.75) is 53.6 Å². The Balaban J connectivity index is 5.15. The summed E-state index contributed by atoms with van der Waals surface area (Å²) in [5.74, 6) is 0. The molecule has 0 aromatic rings. The van der Waals surface area contributed by atoms with E-state index >= 15 is 0 Å². The second-order valence-corrected chi connectivity index (χ2v) is 8.89. The molecule has 0 atom stereocenters. The first-order valence-corrected chi connectivity index (χ1v) is 7.77. The zero-order valence-corrected chi connectivity index (χ0v) is 11.1. The van der Waals surface area contributed by atoms with Gasteiger partial charge in [-0.25, -0.2) is 0 Å². The SMILES string of the molecule is CC=C(C)[Si](CC)(CC)C(C)=CC. The van der Waals surface area contributed by atoms with Gasteiger partial charge in [-0.1, -0.05) is 48.5 Å². The van der Waals surface area contributed by atoms with E-state index in [0.717, 1.165) is 0 Å². The zero-order valence-electron chi connectivity index (χ0n) is 10.1. The Morgan fingerprint density at radius 1 is 0.923 bits per heavy atom. The van der Waals surface area contributed by atoms with Crippen LogP contribution in [0.1, 0.15) is 41.5 Å². The van der Waals surface area contributed by atoms with Gasteiger partial charge in [-0.05, 0) is 27.7 Å². The Hall–Kier alpha value is -0.303. The van der Waals surface area contributed by atoms with E-state index in [0.29, 0.717) is 0 Å². The van der Waals surface area contributed by atoms with Crippen LogP contribution in [-0.2, 0) is 0 Å². The van der Waals surface area contributed by atoms with Crippen LogP contribution in [0.25, 0.3) is 0 Å². The lowest BCUT2D eigenvalue weighted by atomic mass is 10.6. The molecule has 13 heavy (non-hydrogen) atoms. The highest BCUT2D eigenvalue weighted by molar-refractivity contribution is 6.92. The zero-order chi connectivity index (χ0) is 10.5. The minimum absolute atomic E-state index is 1.23. The lowest BCUT2D eigenvalue weighted by Gasteiger charge is -2.31. The van der Waals surface area contributed by atoms with Crippen LogP contribution in [0.15, 0.2) is 22.5 Å². The summed E-state index contributed by atoms with van der Waals surface area (Å²) < 4.78 is 0. The van der Waals surface area contributed by atoms with Crippen LogP contribution >= 0.6 is 0 Å². The maximum atomic E-state index is 2.34. The molecule has 0 aliphatic carbocycles. The molecule has 0 radical (unpaired) electrons. The summed E-state index contributed by atoms with van der Waals surface area (Å²) in [6.45, 7) is 13.7. The van der Waals surface area contributed by atoms with Gasteiger partial charge in [0.15, 0.2) is 0 Å². The minimum atomic E-state index is -1.23. The summed E-state index contributed by atoms with van der Waals surface area (Å²) in [6, 6.07) is 2.69. The topological polar surface area (TPSA) is 0 Å². The average Bonchev–Trinajstić information content (AvgIpc) is 2.19. The Morgan fingerprint density at radius 2 is 1.23 bits per heavy atom. The molecular weight excluding hydrogens is 172 g/mol. The van der Waals surface area contributed by atoms with E-state index < -0.39 is 8.07 Å². The number of hydrogen-bond acceptors (Lipinski definition) is 0. The van der Waals surface area contributed by atoms with Crippen molar-refractivity contribution in [2.75, 3.05) is 0 Å². The summed E-state index contributed by atoms with van der Waals surface area (Å²) in [6.07, 6.45) is 4.62. The van der Waals surface area contributed by atoms with Gasteiger partial charge >= 0.3 is 0 Å². The molecule has 0 aromatic carbocycles. The molecule has 0 fully saturated rings. The van der Waals surface area contributed by atoms with E-state index in [-0.39, 0.29) is 0 Å². The molecule has 76 valence electrons. The van der Waals surface area contributed by atoms with E-state index in [1.807, 2.05) is 0 Å². The number of allylic oxidation sites excluding steroid dienone is 4. The second kappa shape index (κ2) is 5.43. The van der Waals surface area contributed by atoms with Crippen molar-refractivity contribution in [1.29, 1.82) is 0 Å². The third-order valence-electron chi connectivity index (χ3n) is 3.58. The first kappa shape index (κ1) is 12.7. The van der Waals surface area contributed by atoms with Gasteiger partial charge < -0.3 is 0 Å². The Kier molecular flexibility index (Phi) is 5.31. The van der Waals surface area contributed by atoms with Crippen LogP contribution in [0.3, 0.4) is 0 Å². The van der Waals surface area contributed by atoms with Crippen molar-refractivity contribution in [1.82, 2.24) is 0 Å². The molecule has 0 saturated carbocycles. The second-order valence-electron chi connectivity index (χ2n) is 3.73. The predicted molar refractivity (Wildman–Crippen MR) is 65.6 cm³/mol. The van der Waals surface area contributed by atoms with Gasteiger partial charge in [0.05, 0.1) is 0 Å². The normalized spacial score (nSPS) is 14.9. The molecule has 0 saturated heterocycles. The van der Waals surface area contributed by atoms with E-state index in [1.165, 1.54) is 12.1 Å². The van der Waals surface area contributed by atoms with Crippen molar-refractivity contribution >= 4 is 8.07 Å². The van der Waals surface area contributed by atoms with Gasteiger partial charge in [-0.3, -0.25) is 0 Å². The first-order valence-electron chi connectivity index (χ1n) is 5.35. The Morgan fingerprint density at radius 3 is 1.38 bits per heavy atom. The Bertz CT molecular complexity index is 187. The molecule has 0 aliphatic heterocycles. The van der Waals surface area contributed by atoms with E-state index in [4.69, 9.17) is 0 Å². The third-order valence-corrected chi connectivity index (χ3v) is 9.59. The van der Waals surface area contributed by atoms with Gasteiger partial charge in [0.1, 0.15) is 8.07 Å². The van der Waals surface area contributed by atoms with Gasteiger partial charge in [0, 0.05) is 0 Å². The quantitative estimate of drug-likeness (QED) is 0.581. The van der Waals surface area contributed by atoms with Gasteiger partial charge in [0.25, 0.3) is 0 Å². The smallest absolute Gasteiger partial charge is 0.0922 e. The summed E-state index contributed by atoms with van der Waals surface area (Å²) in [5, 5.41) is 3.29. The first-order chi connectivity index (χ1) is 6.08. The summed E-state index contributed by atoms with van der Waals surface area (Å²) in [5.41, 5.74) is 0. The summed E-state index contributed by atoms with van der Waals surface area (Å²) >= 11 is 0. The average molecular weight is 196 g/mol. The van der Waals surface area contributed by atoms with Crippen LogP contribution in [0.2, 0.25) is 12.1 Å². The fraction of sp³-hybridized carbons (Fsp3) is 0.667. The summed E-state index contributed by atoms with van der Waals surface area (Å²) in [7, 11) is -1.23. The van der Waals surface area contributed by atoms with E-state index in [9.17, 15) is 0 Å². The summed E-state index contributed by atoms with van der Waals surface area (Å²) in [4.78, 5) is 0. The molecule has 0 amide bonds. The van der Waals surface area contributed by atoms with Crippen LogP contribution in [0.4, 0.5) is 0 Å². The molecule has 0 unspecified atom stereocenters. The fourth-order valence-corrected chi connectivity index (χ4v) is 6.69. The molecule has 0 nitrogen and oxygen atoms in total.